The first-order chi connectivity index (χ1) is 11.5. The van der Waals surface area contributed by atoms with Gasteiger partial charge in [0.05, 0.1) is 6.10 Å². The molecule has 2 unspecified atom stereocenters. The number of carbonyl (C=O) groups excluding carboxylic acids is 1. The van der Waals surface area contributed by atoms with E-state index in [-0.39, 0.29) is 25.4 Å². The Bertz CT molecular complexity index is 659. The number of aliphatic hydroxyl groups excluding tert-OH is 2. The SMILES string of the molecule is Cn1cc(C(O)C(O)CCNC(=O)OCc2ccccc2)c(N)n1. The molecule has 8 heteroatoms. The number of aryl methyl sites for hydroxylation is 1. The monoisotopic (exact) mass is 334 g/mol. The van der Waals surface area contributed by atoms with Crippen LogP contribution in [0.4, 0.5) is 10.6 Å². The summed E-state index contributed by atoms with van der Waals surface area (Å²) < 4.78 is 6.51. The van der Waals surface area contributed by atoms with Crippen LogP contribution >= 0.6 is 0 Å². The summed E-state index contributed by atoms with van der Waals surface area (Å²) in [4.78, 5) is 11.6. The van der Waals surface area contributed by atoms with Crippen LogP contribution in [0, 0.1) is 0 Å². The Hall–Kier alpha value is -2.58. The molecule has 1 amide bonds. The molecule has 0 aliphatic rings. The number of nitrogens with two attached hydrogens (primary N) is 1. The number of nitrogens with one attached hydrogen (secondary N) is 1. The fourth-order valence-corrected chi connectivity index (χ4v) is 2.21. The van der Waals surface area contributed by atoms with Gasteiger partial charge in [-0.05, 0) is 12.0 Å². The molecule has 0 aliphatic carbocycles. The molecule has 130 valence electrons. The number of hydrogen-bond acceptors (Lipinski definition) is 6. The second-order valence-corrected chi connectivity index (χ2v) is 5.43. The predicted molar refractivity (Wildman–Crippen MR) is 87.8 cm³/mol. The lowest BCUT2D eigenvalue weighted by molar-refractivity contribution is 0.0140. The number of amides is 1. The van der Waals surface area contributed by atoms with Crippen LogP contribution in [0.1, 0.15) is 23.7 Å². The summed E-state index contributed by atoms with van der Waals surface area (Å²) in [7, 11) is 1.67. The van der Waals surface area contributed by atoms with Gasteiger partial charge >= 0.3 is 6.09 Å². The summed E-state index contributed by atoms with van der Waals surface area (Å²) >= 11 is 0. The fraction of sp³-hybridized carbons (Fsp3) is 0.375. The molecule has 1 aromatic heterocycles. The van der Waals surface area contributed by atoms with Crippen LogP contribution in [0.3, 0.4) is 0 Å². The number of nitrogen functional groups attached to an aromatic ring is 1. The van der Waals surface area contributed by atoms with Crippen LogP contribution in [-0.4, -0.2) is 38.7 Å². The maximum Gasteiger partial charge on any atom is 0.407 e. The Morgan fingerprint density at radius 3 is 2.71 bits per heavy atom. The summed E-state index contributed by atoms with van der Waals surface area (Å²) in [5, 5.41) is 26.5. The number of aromatic nitrogens is 2. The number of nitrogens with zero attached hydrogens (tertiary/aromatic N) is 2. The second kappa shape index (κ2) is 8.32. The van der Waals surface area contributed by atoms with Crippen molar-refractivity contribution in [1.82, 2.24) is 15.1 Å². The van der Waals surface area contributed by atoms with Gasteiger partial charge in [0.2, 0.25) is 0 Å². The van der Waals surface area contributed by atoms with Crippen molar-refractivity contribution in [1.29, 1.82) is 0 Å². The number of aliphatic hydroxyl groups is 2. The van der Waals surface area contributed by atoms with Crippen molar-refractivity contribution in [2.24, 2.45) is 7.05 Å². The summed E-state index contributed by atoms with van der Waals surface area (Å²) in [5.74, 6) is 0.166. The highest BCUT2D eigenvalue weighted by Gasteiger charge is 2.22. The lowest BCUT2D eigenvalue weighted by Crippen LogP contribution is -2.29. The Balaban J connectivity index is 1.71. The van der Waals surface area contributed by atoms with Crippen molar-refractivity contribution in [2.75, 3.05) is 12.3 Å². The number of rotatable bonds is 7. The highest BCUT2D eigenvalue weighted by Crippen LogP contribution is 2.23. The van der Waals surface area contributed by atoms with E-state index >= 15 is 0 Å². The average molecular weight is 334 g/mol. The topological polar surface area (TPSA) is 123 Å². The van der Waals surface area contributed by atoms with E-state index in [0.717, 1.165) is 5.56 Å². The van der Waals surface area contributed by atoms with Gasteiger partial charge in [0.1, 0.15) is 12.7 Å². The van der Waals surface area contributed by atoms with Gasteiger partial charge in [-0.25, -0.2) is 4.79 Å². The Labute approximate surface area is 139 Å². The molecule has 5 N–H and O–H groups in total. The smallest absolute Gasteiger partial charge is 0.407 e. The number of anilines is 1. The van der Waals surface area contributed by atoms with E-state index in [0.29, 0.717) is 5.56 Å². The van der Waals surface area contributed by atoms with Gasteiger partial charge in [-0.15, -0.1) is 0 Å². The lowest BCUT2D eigenvalue weighted by Gasteiger charge is -2.17. The van der Waals surface area contributed by atoms with Crippen LogP contribution in [0.15, 0.2) is 36.5 Å². The molecular weight excluding hydrogens is 312 g/mol. The molecule has 24 heavy (non-hydrogen) atoms. The molecule has 8 nitrogen and oxygen atoms in total. The van der Waals surface area contributed by atoms with Gasteiger partial charge in [0.15, 0.2) is 5.82 Å². The van der Waals surface area contributed by atoms with Gasteiger partial charge in [-0.1, -0.05) is 30.3 Å². The predicted octanol–water partition coefficient (Wildman–Crippen LogP) is 0.713. The molecule has 0 fully saturated rings. The molecule has 0 bridgehead atoms. The summed E-state index contributed by atoms with van der Waals surface area (Å²) in [6.45, 7) is 0.329. The van der Waals surface area contributed by atoms with Gasteiger partial charge in [-0.3, -0.25) is 4.68 Å². The Kier molecular flexibility index (Phi) is 6.16. The van der Waals surface area contributed by atoms with Gasteiger partial charge < -0.3 is 26.0 Å². The molecule has 0 saturated carbocycles. The number of alkyl carbamates (subject to hydrolysis) is 1. The minimum Gasteiger partial charge on any atom is -0.445 e. The molecule has 0 saturated heterocycles. The summed E-state index contributed by atoms with van der Waals surface area (Å²) in [6, 6.07) is 9.31. The number of hydrogen-bond donors (Lipinski definition) is 4. The minimum atomic E-state index is -1.17. The van der Waals surface area contributed by atoms with E-state index in [1.165, 1.54) is 4.68 Å². The third-order valence-corrected chi connectivity index (χ3v) is 3.49. The van der Waals surface area contributed by atoms with Gasteiger partial charge in [0.25, 0.3) is 0 Å². The molecule has 2 atom stereocenters. The van der Waals surface area contributed by atoms with E-state index < -0.39 is 18.3 Å². The molecule has 0 aliphatic heterocycles. The highest BCUT2D eigenvalue weighted by atomic mass is 16.5. The summed E-state index contributed by atoms with van der Waals surface area (Å²) in [5.41, 5.74) is 6.90. The number of carbonyl (C=O) groups is 1. The zero-order valence-electron chi connectivity index (χ0n) is 13.4. The van der Waals surface area contributed by atoms with Crippen molar-refractivity contribution in [3.05, 3.63) is 47.7 Å². The molecule has 1 aromatic carbocycles. The number of ether oxygens (including phenoxy) is 1. The van der Waals surface area contributed by atoms with Crippen molar-refractivity contribution in [2.45, 2.75) is 25.2 Å². The van der Waals surface area contributed by atoms with Crippen molar-refractivity contribution >= 4 is 11.9 Å². The fourth-order valence-electron chi connectivity index (χ4n) is 2.21. The largest absolute Gasteiger partial charge is 0.445 e. The van der Waals surface area contributed by atoms with E-state index in [4.69, 9.17) is 10.5 Å². The van der Waals surface area contributed by atoms with E-state index in [2.05, 4.69) is 10.4 Å². The van der Waals surface area contributed by atoms with E-state index in [1.54, 1.807) is 13.2 Å². The lowest BCUT2D eigenvalue weighted by atomic mass is 10.0. The normalized spacial score (nSPS) is 13.3. The van der Waals surface area contributed by atoms with Crippen LogP contribution in [0.2, 0.25) is 0 Å². The maximum atomic E-state index is 11.6. The average Bonchev–Trinajstić information content (AvgIpc) is 2.91. The van der Waals surface area contributed by atoms with Crippen LogP contribution < -0.4 is 11.1 Å². The van der Waals surface area contributed by atoms with E-state index in [1.807, 2.05) is 30.3 Å². The van der Waals surface area contributed by atoms with Crippen LogP contribution in [0.25, 0.3) is 0 Å². The van der Waals surface area contributed by atoms with Crippen molar-refractivity contribution in [3.63, 3.8) is 0 Å². The highest BCUT2D eigenvalue weighted by molar-refractivity contribution is 5.67. The molecule has 0 radical (unpaired) electrons. The first-order valence-corrected chi connectivity index (χ1v) is 7.57. The van der Waals surface area contributed by atoms with Gasteiger partial charge in [0, 0.05) is 25.4 Å². The second-order valence-electron chi connectivity index (χ2n) is 5.43. The Morgan fingerprint density at radius 1 is 1.38 bits per heavy atom. The standard InChI is InChI=1S/C16H22N4O4/c1-20-9-12(15(17)19-20)14(22)13(21)7-8-18-16(23)24-10-11-5-3-2-4-6-11/h2-6,9,13-14,21-22H,7-8,10H2,1H3,(H2,17,19)(H,18,23). The zero-order chi connectivity index (χ0) is 17.5. The number of benzene rings is 1. The van der Waals surface area contributed by atoms with Gasteiger partial charge in [-0.2, -0.15) is 5.10 Å². The first kappa shape index (κ1) is 17.8. The maximum absolute atomic E-state index is 11.6. The Morgan fingerprint density at radius 2 is 2.08 bits per heavy atom. The zero-order valence-corrected chi connectivity index (χ0v) is 13.4. The summed E-state index contributed by atoms with van der Waals surface area (Å²) in [6.07, 6.45) is -1.13. The first-order valence-electron chi connectivity index (χ1n) is 7.57. The molecule has 0 spiro atoms. The molecular formula is C16H22N4O4. The van der Waals surface area contributed by atoms with Crippen molar-refractivity contribution in [3.8, 4) is 0 Å². The minimum absolute atomic E-state index is 0.149. The van der Waals surface area contributed by atoms with E-state index in [9.17, 15) is 15.0 Å². The third-order valence-electron chi connectivity index (χ3n) is 3.49. The molecule has 2 aromatic rings. The molecule has 1 heterocycles. The van der Waals surface area contributed by atoms with Crippen LogP contribution in [0.5, 0.6) is 0 Å². The van der Waals surface area contributed by atoms with Crippen LogP contribution in [-0.2, 0) is 18.4 Å². The third kappa shape index (κ3) is 4.97. The van der Waals surface area contributed by atoms with Crippen molar-refractivity contribution < 1.29 is 19.7 Å². The molecule has 2 rings (SSSR count). The quantitative estimate of drug-likeness (QED) is 0.591.